The van der Waals surface area contributed by atoms with Crippen LogP contribution in [0.2, 0.25) is 5.02 Å². The Morgan fingerprint density at radius 1 is 1.08 bits per heavy atom. The molecule has 0 aliphatic heterocycles. The van der Waals surface area contributed by atoms with E-state index in [1.807, 2.05) is 48.0 Å². The number of aryl methyl sites for hydroxylation is 2. The van der Waals surface area contributed by atoms with Crippen LogP contribution in [0.3, 0.4) is 0 Å². The van der Waals surface area contributed by atoms with E-state index < -0.39 is 0 Å². The largest absolute Gasteiger partial charge is 0.294 e. The van der Waals surface area contributed by atoms with Crippen LogP contribution in [0.5, 0.6) is 0 Å². The number of carbonyl (C=O) groups is 1. The molecule has 1 aromatic heterocycles. The molecule has 126 valence electrons. The van der Waals surface area contributed by atoms with Crippen LogP contribution >= 0.6 is 11.6 Å². The summed E-state index contributed by atoms with van der Waals surface area (Å²) in [5, 5.41) is 5.39. The van der Waals surface area contributed by atoms with Crippen molar-refractivity contribution in [2.75, 3.05) is 0 Å². The van der Waals surface area contributed by atoms with Gasteiger partial charge in [-0.15, -0.1) is 0 Å². The average molecular weight is 351 g/mol. The number of aromatic nitrogens is 2. The maximum Gasteiger partial charge on any atom is 0.167 e. The number of halogens is 1. The normalized spacial score (nSPS) is 16.8. The molecule has 0 spiro atoms. The van der Waals surface area contributed by atoms with Crippen molar-refractivity contribution in [1.29, 1.82) is 0 Å². The number of hydrogen-bond donors (Lipinski definition) is 0. The van der Waals surface area contributed by atoms with Crippen molar-refractivity contribution in [1.82, 2.24) is 9.78 Å². The zero-order chi connectivity index (χ0) is 17.6. The lowest BCUT2D eigenvalue weighted by atomic mass is 9.81. The van der Waals surface area contributed by atoms with E-state index in [4.69, 9.17) is 11.6 Å². The van der Waals surface area contributed by atoms with E-state index in [2.05, 4.69) is 24.2 Å². The molecule has 0 saturated carbocycles. The third-order valence-corrected chi connectivity index (χ3v) is 5.15. The van der Waals surface area contributed by atoms with E-state index in [9.17, 15) is 4.79 Å². The van der Waals surface area contributed by atoms with Crippen molar-refractivity contribution >= 4 is 17.4 Å². The Bertz CT molecular complexity index is 957. The average Bonchev–Trinajstić information content (AvgIpc) is 2.93. The molecular weight excluding hydrogens is 332 g/mol. The SMILES string of the molecule is Cc1cccc(-n2nc(C)c3c2C[C@@H](c2ccc(Cl)cc2)CC3=O)c1. The summed E-state index contributed by atoms with van der Waals surface area (Å²) >= 11 is 6.00. The van der Waals surface area contributed by atoms with E-state index in [0.717, 1.165) is 34.6 Å². The highest BCUT2D eigenvalue weighted by atomic mass is 35.5. The summed E-state index contributed by atoms with van der Waals surface area (Å²) in [5.41, 5.74) is 5.96. The molecule has 0 fully saturated rings. The lowest BCUT2D eigenvalue weighted by molar-refractivity contribution is 0.0963. The van der Waals surface area contributed by atoms with Gasteiger partial charge in [0.2, 0.25) is 0 Å². The number of nitrogens with zero attached hydrogens (tertiary/aromatic N) is 2. The third kappa shape index (κ3) is 2.89. The Hall–Kier alpha value is -2.39. The second kappa shape index (κ2) is 6.16. The highest BCUT2D eigenvalue weighted by Gasteiger charge is 2.32. The van der Waals surface area contributed by atoms with E-state index in [-0.39, 0.29) is 11.7 Å². The van der Waals surface area contributed by atoms with Gasteiger partial charge in [-0.25, -0.2) is 4.68 Å². The van der Waals surface area contributed by atoms with Crippen molar-refractivity contribution in [3.05, 3.63) is 81.6 Å². The molecule has 1 heterocycles. The molecule has 0 N–H and O–H groups in total. The number of carbonyl (C=O) groups excluding carboxylic acids is 1. The molecule has 1 aliphatic carbocycles. The molecule has 4 heteroatoms. The van der Waals surface area contributed by atoms with Gasteiger partial charge in [0.15, 0.2) is 5.78 Å². The fraction of sp³-hybridized carbons (Fsp3) is 0.238. The number of fused-ring (bicyclic) bond motifs is 1. The third-order valence-electron chi connectivity index (χ3n) is 4.89. The predicted molar refractivity (Wildman–Crippen MR) is 99.9 cm³/mol. The summed E-state index contributed by atoms with van der Waals surface area (Å²) in [6.07, 6.45) is 1.33. The Labute approximate surface area is 152 Å². The van der Waals surface area contributed by atoms with Crippen molar-refractivity contribution < 1.29 is 4.79 Å². The first-order chi connectivity index (χ1) is 12.0. The molecule has 1 atom stereocenters. The van der Waals surface area contributed by atoms with Gasteiger partial charge in [-0.2, -0.15) is 5.10 Å². The molecule has 4 rings (SSSR count). The van der Waals surface area contributed by atoms with Crippen molar-refractivity contribution in [2.24, 2.45) is 0 Å². The lowest BCUT2D eigenvalue weighted by Crippen LogP contribution is -2.20. The number of rotatable bonds is 2. The minimum Gasteiger partial charge on any atom is -0.294 e. The van der Waals surface area contributed by atoms with Gasteiger partial charge >= 0.3 is 0 Å². The van der Waals surface area contributed by atoms with Gasteiger partial charge in [0.05, 0.1) is 22.6 Å². The Morgan fingerprint density at radius 3 is 2.56 bits per heavy atom. The summed E-state index contributed by atoms with van der Waals surface area (Å²) in [6.45, 7) is 3.99. The van der Waals surface area contributed by atoms with Crippen LogP contribution in [0.15, 0.2) is 48.5 Å². The lowest BCUT2D eigenvalue weighted by Gasteiger charge is -2.23. The Kier molecular flexibility index (Phi) is 3.97. The Balaban J connectivity index is 1.79. The van der Waals surface area contributed by atoms with Gasteiger partial charge in [-0.1, -0.05) is 35.9 Å². The predicted octanol–water partition coefficient (Wildman–Crippen LogP) is 5.06. The van der Waals surface area contributed by atoms with Crippen LogP contribution < -0.4 is 0 Å². The highest BCUT2D eigenvalue weighted by Crippen LogP contribution is 2.35. The first-order valence-electron chi connectivity index (χ1n) is 8.47. The molecular formula is C21H19ClN2O. The van der Waals surface area contributed by atoms with Crippen molar-refractivity contribution in [2.45, 2.75) is 32.6 Å². The van der Waals surface area contributed by atoms with Gasteiger partial charge in [0.1, 0.15) is 0 Å². The smallest absolute Gasteiger partial charge is 0.167 e. The summed E-state index contributed by atoms with van der Waals surface area (Å²) < 4.78 is 1.94. The highest BCUT2D eigenvalue weighted by molar-refractivity contribution is 6.30. The van der Waals surface area contributed by atoms with Crippen LogP contribution in [0.4, 0.5) is 0 Å². The number of ketones is 1. The van der Waals surface area contributed by atoms with Gasteiger partial charge in [-0.05, 0) is 61.6 Å². The second-order valence-electron chi connectivity index (χ2n) is 6.74. The molecule has 0 amide bonds. The zero-order valence-electron chi connectivity index (χ0n) is 14.3. The van der Waals surface area contributed by atoms with Crippen molar-refractivity contribution in [3.8, 4) is 5.69 Å². The molecule has 3 aromatic rings. The fourth-order valence-corrected chi connectivity index (χ4v) is 3.83. The molecule has 2 aromatic carbocycles. The first-order valence-corrected chi connectivity index (χ1v) is 8.85. The maximum absolute atomic E-state index is 12.8. The van der Waals surface area contributed by atoms with Gasteiger partial charge < -0.3 is 0 Å². The molecule has 0 bridgehead atoms. The van der Waals surface area contributed by atoms with Crippen LogP contribution in [0, 0.1) is 13.8 Å². The number of Topliss-reactive ketones (excluding diaryl/α,β-unsaturated/α-hetero) is 1. The van der Waals surface area contributed by atoms with E-state index in [1.165, 1.54) is 5.56 Å². The second-order valence-corrected chi connectivity index (χ2v) is 7.17. The summed E-state index contributed by atoms with van der Waals surface area (Å²) in [6, 6.07) is 16.0. The van der Waals surface area contributed by atoms with Gasteiger partial charge in [-0.3, -0.25) is 4.79 Å². The minimum atomic E-state index is 0.164. The molecule has 0 saturated heterocycles. The monoisotopic (exact) mass is 350 g/mol. The molecule has 0 radical (unpaired) electrons. The van der Waals surface area contributed by atoms with Crippen LogP contribution in [-0.2, 0) is 6.42 Å². The molecule has 0 unspecified atom stereocenters. The van der Waals surface area contributed by atoms with Gasteiger partial charge in [0.25, 0.3) is 0 Å². The van der Waals surface area contributed by atoms with E-state index in [0.29, 0.717) is 11.4 Å². The topological polar surface area (TPSA) is 34.9 Å². The summed E-state index contributed by atoms with van der Waals surface area (Å²) in [5.74, 6) is 0.342. The zero-order valence-corrected chi connectivity index (χ0v) is 15.0. The molecule has 25 heavy (non-hydrogen) atoms. The minimum absolute atomic E-state index is 0.164. The molecule has 1 aliphatic rings. The first kappa shape index (κ1) is 16.1. The quantitative estimate of drug-likeness (QED) is 0.647. The van der Waals surface area contributed by atoms with Crippen LogP contribution in [0.25, 0.3) is 5.69 Å². The van der Waals surface area contributed by atoms with E-state index in [1.54, 1.807) is 0 Å². The Morgan fingerprint density at radius 2 is 1.84 bits per heavy atom. The van der Waals surface area contributed by atoms with Gasteiger partial charge in [0, 0.05) is 11.4 Å². The van der Waals surface area contributed by atoms with E-state index >= 15 is 0 Å². The standard InChI is InChI=1S/C21H19ClN2O/c1-13-4-3-5-18(10-13)24-19-11-16(15-6-8-17(22)9-7-15)12-20(25)21(19)14(2)23-24/h3-10,16H,11-12H2,1-2H3/t16-/m1/s1. The number of hydrogen-bond acceptors (Lipinski definition) is 2. The molecule has 3 nitrogen and oxygen atoms in total. The fourth-order valence-electron chi connectivity index (χ4n) is 3.70. The summed E-state index contributed by atoms with van der Waals surface area (Å²) in [4.78, 5) is 12.8. The number of benzene rings is 2. The maximum atomic E-state index is 12.8. The van der Waals surface area contributed by atoms with Crippen molar-refractivity contribution in [3.63, 3.8) is 0 Å². The van der Waals surface area contributed by atoms with Crippen LogP contribution in [0.1, 0.15) is 45.2 Å². The van der Waals surface area contributed by atoms with Crippen LogP contribution in [-0.4, -0.2) is 15.6 Å². The summed E-state index contributed by atoms with van der Waals surface area (Å²) in [7, 11) is 0.